The Morgan fingerprint density at radius 2 is 1.43 bits per heavy atom. The molecule has 0 aliphatic heterocycles. The van der Waals surface area contributed by atoms with Gasteiger partial charge in [-0.3, -0.25) is 9.89 Å². The second-order valence-corrected chi connectivity index (χ2v) is 3.48. The van der Waals surface area contributed by atoms with Crippen LogP contribution < -0.4 is 15.7 Å². The summed E-state index contributed by atoms with van der Waals surface area (Å²) >= 11 is 0. The fraction of sp³-hybridized carbons (Fsp3) is 0. The number of pyridine rings is 2. The van der Waals surface area contributed by atoms with Crippen molar-refractivity contribution in [2.75, 3.05) is 0 Å². The molecule has 5 N–H and O–H groups in total. The molecular formula is C14H17N5O2. The van der Waals surface area contributed by atoms with Crippen LogP contribution in [0.15, 0.2) is 73.4 Å². The van der Waals surface area contributed by atoms with Gasteiger partial charge in [-0.15, -0.1) is 0 Å². The molecule has 0 aliphatic rings. The first-order valence-electron chi connectivity index (χ1n) is 5.92. The number of rotatable bonds is 1. The highest BCUT2D eigenvalue weighted by Crippen LogP contribution is 1.86. The van der Waals surface area contributed by atoms with Crippen LogP contribution in [0, 0.1) is 0 Å². The molecule has 7 heteroatoms. The minimum Gasteiger partial charge on any atom is -2.00 e. The summed E-state index contributed by atoms with van der Waals surface area (Å²) in [6.07, 6.45) is 9.04. The monoisotopic (exact) mass is 287 g/mol. The number of nitrogens with two attached hydrogens (primary N) is 1. The summed E-state index contributed by atoms with van der Waals surface area (Å²) in [5.41, 5.74) is 5.11. The Labute approximate surface area is 122 Å². The van der Waals surface area contributed by atoms with Gasteiger partial charge in [0, 0.05) is 30.5 Å². The third-order valence-electron chi connectivity index (χ3n) is 1.97. The summed E-state index contributed by atoms with van der Waals surface area (Å²) in [5, 5.41) is 5.98. The van der Waals surface area contributed by atoms with E-state index in [4.69, 9.17) is 5.73 Å². The number of aromatic nitrogens is 4. The van der Waals surface area contributed by atoms with Crippen molar-refractivity contribution in [3.8, 4) is 0 Å². The number of amides is 1. The van der Waals surface area contributed by atoms with Crippen LogP contribution in [-0.4, -0.2) is 16.1 Å². The summed E-state index contributed by atoms with van der Waals surface area (Å²) in [6, 6.07) is 13.2. The number of nitrogens with zero attached hydrogens (tertiary/aromatic N) is 1. The van der Waals surface area contributed by atoms with Crippen LogP contribution in [0.5, 0.6) is 0 Å². The number of H-pyrrole nitrogens is 3. The molecule has 110 valence electrons. The number of aromatic amines is 3. The standard InChI is InChI=1S/2C5H5N.C4H5N3O.O/c2*1-2-4-6-5-3-1;5-4(8)3-1-2-6-7-3;/h2*1-5H;1-2H,(H2,5,8)(H,6,7);/q;;;-2/p+2. The molecule has 0 saturated heterocycles. The Balaban J connectivity index is 0.000000283. The number of carbonyl (C=O) groups is 1. The molecule has 0 aromatic carbocycles. The summed E-state index contributed by atoms with van der Waals surface area (Å²) < 4.78 is 0. The zero-order valence-electron chi connectivity index (χ0n) is 11.3. The van der Waals surface area contributed by atoms with Crippen molar-refractivity contribution in [1.29, 1.82) is 0 Å². The SMILES string of the molecule is NC(=O)c1cc[nH]n1.[O-2].c1cc[nH+]cc1.c1cc[nH+]cc1. The van der Waals surface area contributed by atoms with Gasteiger partial charge in [0.05, 0.1) is 0 Å². The predicted octanol–water partition coefficient (Wildman–Crippen LogP) is 0.391. The second kappa shape index (κ2) is 12.0. The lowest BCUT2D eigenvalue weighted by molar-refractivity contribution is -0.378. The zero-order valence-corrected chi connectivity index (χ0v) is 11.3. The summed E-state index contributed by atoms with van der Waals surface area (Å²) in [7, 11) is 0. The van der Waals surface area contributed by atoms with E-state index in [0.717, 1.165) is 0 Å². The molecule has 0 spiro atoms. The molecule has 3 heterocycles. The third-order valence-corrected chi connectivity index (χ3v) is 1.97. The van der Waals surface area contributed by atoms with Gasteiger partial charge in [0.15, 0.2) is 24.8 Å². The Hall–Kier alpha value is -3.06. The molecule has 1 amide bonds. The maximum absolute atomic E-state index is 10.2. The van der Waals surface area contributed by atoms with E-state index in [2.05, 4.69) is 20.2 Å². The van der Waals surface area contributed by atoms with Crippen molar-refractivity contribution in [3.05, 3.63) is 79.1 Å². The van der Waals surface area contributed by atoms with Gasteiger partial charge in [0.25, 0.3) is 5.91 Å². The van der Waals surface area contributed by atoms with Gasteiger partial charge in [0.1, 0.15) is 5.69 Å². The zero-order chi connectivity index (χ0) is 14.5. The predicted molar refractivity (Wildman–Crippen MR) is 73.8 cm³/mol. The fourth-order valence-electron chi connectivity index (χ4n) is 1.08. The van der Waals surface area contributed by atoms with E-state index in [0.29, 0.717) is 0 Å². The molecule has 0 unspecified atom stereocenters. The van der Waals surface area contributed by atoms with E-state index in [1.54, 1.807) is 6.20 Å². The summed E-state index contributed by atoms with van der Waals surface area (Å²) in [6.45, 7) is 0. The van der Waals surface area contributed by atoms with Gasteiger partial charge in [-0.2, -0.15) is 5.10 Å². The smallest absolute Gasteiger partial charge is 0.269 e. The molecule has 0 saturated carbocycles. The maximum Gasteiger partial charge on any atom is 0.269 e. The van der Waals surface area contributed by atoms with Crippen LogP contribution in [0.2, 0.25) is 0 Å². The average molecular weight is 287 g/mol. The van der Waals surface area contributed by atoms with E-state index < -0.39 is 5.91 Å². The van der Waals surface area contributed by atoms with Crippen LogP contribution >= 0.6 is 0 Å². The van der Waals surface area contributed by atoms with E-state index in [1.807, 2.05) is 61.2 Å². The lowest BCUT2D eigenvalue weighted by atomic mass is 10.4. The second-order valence-electron chi connectivity index (χ2n) is 3.48. The molecule has 7 nitrogen and oxygen atoms in total. The molecule has 3 rings (SSSR count). The molecule has 3 aromatic heterocycles. The lowest BCUT2D eigenvalue weighted by Crippen LogP contribution is -2.10. The lowest BCUT2D eigenvalue weighted by Gasteiger charge is -2.00. The van der Waals surface area contributed by atoms with Crippen molar-refractivity contribution in [1.82, 2.24) is 10.2 Å². The van der Waals surface area contributed by atoms with E-state index in [-0.39, 0.29) is 11.2 Å². The average Bonchev–Trinajstić information content (AvgIpc) is 3.07. The Morgan fingerprint density at radius 1 is 0.952 bits per heavy atom. The number of primary amides is 1. The molecule has 0 atom stereocenters. The van der Waals surface area contributed by atoms with Crippen molar-refractivity contribution in [3.63, 3.8) is 0 Å². The Morgan fingerprint density at radius 3 is 1.57 bits per heavy atom. The van der Waals surface area contributed by atoms with Crippen LogP contribution in [0.3, 0.4) is 0 Å². The van der Waals surface area contributed by atoms with Crippen LogP contribution in [0.4, 0.5) is 0 Å². The number of carbonyl (C=O) groups excluding carboxylic acids is 1. The number of hydrogen-bond acceptors (Lipinski definition) is 2. The van der Waals surface area contributed by atoms with E-state index >= 15 is 0 Å². The molecule has 0 radical (unpaired) electrons. The van der Waals surface area contributed by atoms with Gasteiger partial charge in [-0.05, 0) is 6.07 Å². The first kappa shape index (κ1) is 17.9. The topological polar surface area (TPSA) is 129 Å². The van der Waals surface area contributed by atoms with Crippen molar-refractivity contribution in [2.45, 2.75) is 0 Å². The van der Waals surface area contributed by atoms with Crippen LogP contribution in [0.1, 0.15) is 10.5 Å². The normalized spacial score (nSPS) is 8.00. The van der Waals surface area contributed by atoms with Gasteiger partial charge in [-0.25, -0.2) is 9.97 Å². The van der Waals surface area contributed by atoms with E-state index in [1.165, 1.54) is 6.07 Å². The highest BCUT2D eigenvalue weighted by Gasteiger charge is 1.97. The molecule has 3 aromatic rings. The molecular weight excluding hydrogens is 270 g/mol. The fourth-order valence-corrected chi connectivity index (χ4v) is 1.08. The van der Waals surface area contributed by atoms with Crippen LogP contribution in [-0.2, 0) is 5.48 Å². The summed E-state index contributed by atoms with van der Waals surface area (Å²) in [5.74, 6) is -0.508. The minimum absolute atomic E-state index is 0. The molecule has 21 heavy (non-hydrogen) atoms. The van der Waals surface area contributed by atoms with Crippen molar-refractivity contribution < 1.29 is 20.2 Å². The van der Waals surface area contributed by atoms with Crippen LogP contribution in [0.25, 0.3) is 0 Å². The highest BCUT2D eigenvalue weighted by molar-refractivity contribution is 5.90. The van der Waals surface area contributed by atoms with Gasteiger partial charge in [0.2, 0.25) is 0 Å². The first-order chi connectivity index (χ1) is 9.80. The molecule has 0 fully saturated rings. The highest BCUT2D eigenvalue weighted by atomic mass is 16.1. The Bertz CT molecular complexity index is 474. The third kappa shape index (κ3) is 9.51. The largest absolute Gasteiger partial charge is 2.00 e. The quantitative estimate of drug-likeness (QED) is 0.671. The van der Waals surface area contributed by atoms with Gasteiger partial charge in [-0.1, -0.05) is 12.1 Å². The van der Waals surface area contributed by atoms with Crippen molar-refractivity contribution in [2.24, 2.45) is 5.73 Å². The maximum atomic E-state index is 10.2. The first-order valence-corrected chi connectivity index (χ1v) is 5.92. The number of nitrogens with one attached hydrogen (secondary N) is 3. The van der Waals surface area contributed by atoms with Crippen molar-refractivity contribution >= 4 is 5.91 Å². The molecule has 0 bridgehead atoms. The molecule has 0 aliphatic carbocycles. The minimum atomic E-state index is -0.508. The summed E-state index contributed by atoms with van der Waals surface area (Å²) in [4.78, 5) is 16.0. The van der Waals surface area contributed by atoms with Gasteiger partial charge >= 0.3 is 0 Å². The van der Waals surface area contributed by atoms with Gasteiger partial charge < -0.3 is 11.2 Å². The number of hydrogen-bond donors (Lipinski definition) is 2. The van der Waals surface area contributed by atoms with E-state index in [9.17, 15) is 4.79 Å². The Kier molecular flexibility index (Phi) is 10.3.